The standard InChI is InChI=1S/C12H16OS/c1-10(13)8-9-14-11(2)12-6-4-3-5-7-12/h3-7,11H,8-9H2,1-2H3. The highest BCUT2D eigenvalue weighted by Gasteiger charge is 2.04. The Bertz CT molecular complexity index is 282. The van der Waals surface area contributed by atoms with Crippen molar-refractivity contribution in [3.63, 3.8) is 0 Å². The molecule has 14 heavy (non-hydrogen) atoms. The van der Waals surface area contributed by atoms with Gasteiger partial charge in [-0.3, -0.25) is 4.79 Å². The second-order valence-corrected chi connectivity index (χ2v) is 4.82. The minimum absolute atomic E-state index is 0.276. The predicted molar refractivity (Wildman–Crippen MR) is 62.6 cm³/mol. The molecule has 0 heterocycles. The van der Waals surface area contributed by atoms with E-state index in [2.05, 4.69) is 31.2 Å². The summed E-state index contributed by atoms with van der Waals surface area (Å²) in [5.74, 6) is 1.20. The van der Waals surface area contributed by atoms with Crippen LogP contribution in [0, 0.1) is 0 Å². The number of rotatable bonds is 5. The molecule has 1 aromatic carbocycles. The molecule has 0 spiro atoms. The van der Waals surface area contributed by atoms with Crippen LogP contribution in [0.4, 0.5) is 0 Å². The van der Waals surface area contributed by atoms with Gasteiger partial charge in [0.05, 0.1) is 0 Å². The average molecular weight is 208 g/mol. The van der Waals surface area contributed by atoms with E-state index in [4.69, 9.17) is 0 Å². The first-order valence-corrected chi connectivity index (χ1v) is 5.91. The zero-order valence-corrected chi connectivity index (χ0v) is 9.51. The van der Waals surface area contributed by atoms with Gasteiger partial charge in [-0.25, -0.2) is 0 Å². The van der Waals surface area contributed by atoms with Crippen LogP contribution < -0.4 is 0 Å². The fourth-order valence-electron chi connectivity index (χ4n) is 1.20. The van der Waals surface area contributed by atoms with E-state index in [-0.39, 0.29) is 5.78 Å². The van der Waals surface area contributed by atoms with Gasteiger partial charge < -0.3 is 0 Å². The Hall–Kier alpha value is -0.760. The molecule has 0 aliphatic heterocycles. The largest absolute Gasteiger partial charge is 0.300 e. The number of carbonyl (C=O) groups is 1. The Balaban J connectivity index is 2.36. The Labute approximate surface area is 89.9 Å². The van der Waals surface area contributed by atoms with Gasteiger partial charge in [0, 0.05) is 17.4 Å². The Kier molecular flexibility index (Phi) is 4.74. The number of hydrogen-bond donors (Lipinski definition) is 0. The molecule has 1 rings (SSSR count). The molecule has 0 aliphatic carbocycles. The van der Waals surface area contributed by atoms with Crippen LogP contribution in [0.3, 0.4) is 0 Å². The first-order valence-electron chi connectivity index (χ1n) is 4.86. The second kappa shape index (κ2) is 5.86. The van der Waals surface area contributed by atoms with Crippen molar-refractivity contribution in [3.8, 4) is 0 Å². The third-order valence-corrected chi connectivity index (χ3v) is 3.30. The van der Waals surface area contributed by atoms with Gasteiger partial charge in [0.15, 0.2) is 0 Å². The molecule has 2 heteroatoms. The summed E-state index contributed by atoms with van der Waals surface area (Å²) in [4.78, 5) is 10.7. The molecule has 0 aromatic heterocycles. The highest BCUT2D eigenvalue weighted by Crippen LogP contribution is 2.28. The molecule has 76 valence electrons. The number of thioether (sulfide) groups is 1. The molecule has 0 aliphatic rings. The van der Waals surface area contributed by atoms with Crippen molar-refractivity contribution in [2.75, 3.05) is 5.75 Å². The summed E-state index contributed by atoms with van der Waals surface area (Å²) in [5, 5.41) is 0.482. The summed E-state index contributed by atoms with van der Waals surface area (Å²) in [5.41, 5.74) is 1.33. The van der Waals surface area contributed by atoms with E-state index in [1.807, 2.05) is 17.8 Å². The van der Waals surface area contributed by atoms with Crippen LogP contribution in [-0.2, 0) is 4.79 Å². The van der Waals surface area contributed by atoms with Crippen molar-refractivity contribution in [2.45, 2.75) is 25.5 Å². The van der Waals surface area contributed by atoms with Gasteiger partial charge in [-0.2, -0.15) is 11.8 Å². The molecule has 0 fully saturated rings. The number of benzene rings is 1. The SMILES string of the molecule is CC(=O)CCSC(C)c1ccccc1. The van der Waals surface area contributed by atoms with E-state index in [1.165, 1.54) is 5.56 Å². The molecule has 0 amide bonds. The lowest BCUT2D eigenvalue weighted by atomic mass is 10.2. The number of carbonyl (C=O) groups excluding carboxylic acids is 1. The van der Waals surface area contributed by atoms with Gasteiger partial charge in [0.1, 0.15) is 5.78 Å². The van der Waals surface area contributed by atoms with Gasteiger partial charge in [0.2, 0.25) is 0 Å². The number of ketones is 1. The Morgan fingerprint density at radius 3 is 2.57 bits per heavy atom. The van der Waals surface area contributed by atoms with E-state index in [1.54, 1.807) is 6.92 Å². The van der Waals surface area contributed by atoms with Crippen LogP contribution in [-0.4, -0.2) is 11.5 Å². The molecule has 0 saturated carbocycles. The normalized spacial score (nSPS) is 12.4. The van der Waals surface area contributed by atoms with Crippen molar-refractivity contribution < 1.29 is 4.79 Å². The van der Waals surface area contributed by atoms with E-state index in [0.29, 0.717) is 11.7 Å². The summed E-state index contributed by atoms with van der Waals surface area (Å²) >= 11 is 1.84. The summed E-state index contributed by atoms with van der Waals surface area (Å²) in [6.07, 6.45) is 0.682. The first-order chi connectivity index (χ1) is 6.70. The third kappa shape index (κ3) is 3.97. The van der Waals surface area contributed by atoms with Gasteiger partial charge in [-0.05, 0) is 19.4 Å². The molecular weight excluding hydrogens is 192 g/mol. The van der Waals surface area contributed by atoms with Gasteiger partial charge in [0.25, 0.3) is 0 Å². The smallest absolute Gasteiger partial charge is 0.130 e. The molecule has 0 N–H and O–H groups in total. The summed E-state index contributed by atoms with van der Waals surface area (Å²) in [6, 6.07) is 10.4. The molecule has 0 radical (unpaired) electrons. The van der Waals surface area contributed by atoms with Crippen molar-refractivity contribution in [1.29, 1.82) is 0 Å². The van der Waals surface area contributed by atoms with Crippen LogP contribution in [0.15, 0.2) is 30.3 Å². The van der Waals surface area contributed by atoms with Crippen LogP contribution in [0.2, 0.25) is 0 Å². The highest BCUT2D eigenvalue weighted by molar-refractivity contribution is 7.99. The van der Waals surface area contributed by atoms with Crippen molar-refractivity contribution in [1.82, 2.24) is 0 Å². The summed E-state index contributed by atoms with van der Waals surface area (Å²) in [7, 11) is 0. The van der Waals surface area contributed by atoms with E-state index >= 15 is 0 Å². The summed E-state index contributed by atoms with van der Waals surface area (Å²) < 4.78 is 0. The fraction of sp³-hybridized carbons (Fsp3) is 0.417. The fourth-order valence-corrected chi connectivity index (χ4v) is 2.31. The van der Waals surface area contributed by atoms with Crippen LogP contribution in [0.25, 0.3) is 0 Å². The zero-order chi connectivity index (χ0) is 10.4. The van der Waals surface area contributed by atoms with Gasteiger partial charge in [-0.15, -0.1) is 0 Å². The maximum absolute atomic E-state index is 10.7. The lowest BCUT2D eigenvalue weighted by Crippen LogP contribution is -1.95. The maximum Gasteiger partial charge on any atom is 0.130 e. The molecular formula is C12H16OS. The van der Waals surface area contributed by atoms with Gasteiger partial charge >= 0.3 is 0 Å². The maximum atomic E-state index is 10.7. The first kappa shape index (κ1) is 11.3. The second-order valence-electron chi connectivity index (χ2n) is 3.38. The van der Waals surface area contributed by atoms with Crippen LogP contribution >= 0.6 is 11.8 Å². The van der Waals surface area contributed by atoms with E-state index < -0.39 is 0 Å². The third-order valence-electron chi connectivity index (χ3n) is 2.09. The lowest BCUT2D eigenvalue weighted by molar-refractivity contribution is -0.116. The molecule has 1 nitrogen and oxygen atoms in total. The van der Waals surface area contributed by atoms with E-state index in [0.717, 1.165) is 5.75 Å². The monoisotopic (exact) mass is 208 g/mol. The van der Waals surface area contributed by atoms with Crippen molar-refractivity contribution >= 4 is 17.5 Å². The lowest BCUT2D eigenvalue weighted by Gasteiger charge is -2.10. The van der Waals surface area contributed by atoms with Crippen molar-refractivity contribution in [2.24, 2.45) is 0 Å². The minimum atomic E-state index is 0.276. The molecule has 1 aromatic rings. The molecule has 1 unspecified atom stereocenters. The zero-order valence-electron chi connectivity index (χ0n) is 8.69. The van der Waals surface area contributed by atoms with Crippen molar-refractivity contribution in [3.05, 3.63) is 35.9 Å². The quantitative estimate of drug-likeness (QED) is 0.737. The summed E-state index contributed by atoms with van der Waals surface area (Å²) in [6.45, 7) is 3.83. The minimum Gasteiger partial charge on any atom is -0.300 e. The molecule has 0 bridgehead atoms. The highest BCUT2D eigenvalue weighted by atomic mass is 32.2. The molecule has 1 atom stereocenters. The molecule has 0 saturated heterocycles. The average Bonchev–Trinajstić information content (AvgIpc) is 2.18. The number of Topliss-reactive ketones (excluding diaryl/α,β-unsaturated/α-hetero) is 1. The van der Waals surface area contributed by atoms with E-state index in [9.17, 15) is 4.79 Å². The number of hydrogen-bond acceptors (Lipinski definition) is 2. The topological polar surface area (TPSA) is 17.1 Å². The Morgan fingerprint density at radius 2 is 2.00 bits per heavy atom. The van der Waals surface area contributed by atoms with Crippen LogP contribution in [0.1, 0.15) is 31.1 Å². The predicted octanol–water partition coefficient (Wildman–Crippen LogP) is 3.46. The Morgan fingerprint density at radius 1 is 1.36 bits per heavy atom. The van der Waals surface area contributed by atoms with Crippen LogP contribution in [0.5, 0.6) is 0 Å². The van der Waals surface area contributed by atoms with Gasteiger partial charge in [-0.1, -0.05) is 30.3 Å².